The van der Waals surface area contributed by atoms with Crippen LogP contribution in [0.2, 0.25) is 0 Å². The van der Waals surface area contributed by atoms with Crippen molar-refractivity contribution >= 4 is 11.9 Å². The first-order valence-corrected chi connectivity index (χ1v) is 18.0. The van der Waals surface area contributed by atoms with Crippen LogP contribution in [-0.4, -0.2) is 180 Å². The van der Waals surface area contributed by atoms with E-state index in [9.17, 15) is 65.8 Å². The van der Waals surface area contributed by atoms with Crippen LogP contribution >= 0.6 is 0 Å². The monoisotopic (exact) mass is 814 g/mol. The minimum atomic E-state index is -1.83. The van der Waals surface area contributed by atoms with Crippen LogP contribution in [0.3, 0.4) is 0 Å². The average molecular weight is 815 g/mol. The van der Waals surface area contributed by atoms with Gasteiger partial charge in [-0.05, 0) is 27.7 Å². The molecule has 3 rings (SSSR count). The van der Waals surface area contributed by atoms with Crippen molar-refractivity contribution in [1.82, 2.24) is 0 Å². The van der Waals surface area contributed by atoms with Gasteiger partial charge in [0.25, 0.3) is 0 Å². The molecule has 3 fully saturated rings. The van der Waals surface area contributed by atoms with Crippen molar-refractivity contribution in [3.05, 3.63) is 83.1 Å². The van der Waals surface area contributed by atoms with Gasteiger partial charge in [-0.15, -0.1) is 0 Å². The topological polar surface area (TPSA) is 312 Å². The molecule has 320 valence electrons. The summed E-state index contributed by atoms with van der Waals surface area (Å²) in [6.07, 6.45) is -7.55. The van der Waals surface area contributed by atoms with Gasteiger partial charge in [-0.1, -0.05) is 71.9 Å². The second-order valence-corrected chi connectivity index (χ2v) is 13.7. The minimum Gasteiger partial charge on any atom is -0.429 e. The van der Waals surface area contributed by atoms with E-state index in [0.717, 1.165) is 11.1 Å². The maximum atomic E-state index is 12.7. The Morgan fingerprint density at radius 2 is 0.825 bits per heavy atom. The first kappa shape index (κ1) is 47.9. The lowest BCUT2D eigenvalue weighted by Crippen LogP contribution is -2.61. The molecule has 3 aliphatic heterocycles. The van der Waals surface area contributed by atoms with E-state index in [4.69, 9.17) is 28.4 Å². The number of ether oxygens (including phenoxy) is 6. The number of esters is 2. The Balaban J connectivity index is 1.48. The van der Waals surface area contributed by atoms with Crippen molar-refractivity contribution in [2.24, 2.45) is 0 Å². The summed E-state index contributed by atoms with van der Waals surface area (Å²) in [4.78, 5) is 25.2. The van der Waals surface area contributed by atoms with Crippen LogP contribution in [0.4, 0.5) is 0 Å². The number of aliphatic hydroxyl groups is 11. The Labute approximate surface area is 328 Å². The molecule has 0 saturated carbocycles. The van der Waals surface area contributed by atoms with Crippen LogP contribution in [0, 0.1) is 0 Å². The lowest BCUT2D eigenvalue weighted by molar-refractivity contribution is -0.326. The van der Waals surface area contributed by atoms with E-state index in [-0.39, 0.29) is 11.1 Å². The normalized spacial score (nSPS) is 37.6. The standard InChI is InChI=1S/C38H54O19/c1-18(11-7-13-20(3)34(50)56-37-32(48)29(45)26(42)23(16-40)54-37)9-5-6-10-19(2)12-8-14-21(4)35(51)57-38-33(49)30(46)27(43)24(55-38)17-52-36-31(47)28(44)25(41)22(15-39)53-36/h5-14,22-33,36-49H,15-17H2,1-4H3/b6-5+,11-7+,12-8+,18-9+,19-10-,20-13+,21-14+/t22?,23?,24?,25-,26-,27-,28+,29+,30+,31?,32?,33?,36-,37+,38+/m1/s1. The molecule has 11 N–H and O–H groups in total. The third kappa shape index (κ3) is 13.3. The molecule has 57 heavy (non-hydrogen) atoms. The average Bonchev–Trinajstić information content (AvgIpc) is 3.18. The van der Waals surface area contributed by atoms with E-state index in [1.165, 1.54) is 26.0 Å². The molecular formula is C38H54O19. The number of carbonyl (C=O) groups excluding carboxylic acids is 2. The van der Waals surface area contributed by atoms with Crippen LogP contribution in [0.1, 0.15) is 27.7 Å². The highest BCUT2D eigenvalue weighted by Crippen LogP contribution is 2.27. The SMILES string of the molecule is CC(=C/C=C/C=C(C)/C=C/C=C(\C)C(=O)O[C@@H]1OC(CO)[C@@H](O)[C@H](O)C1O)/C=C/C=C(\C)C(=O)O[C@@H]1OC(CO[C@@H]2OC(CO)[C@@H](O)[C@H](O)C2O)[C@@H](O)[C@H](O)C1O. The van der Waals surface area contributed by atoms with Gasteiger partial charge in [-0.3, -0.25) is 0 Å². The second kappa shape index (κ2) is 22.6. The van der Waals surface area contributed by atoms with Gasteiger partial charge in [-0.25, -0.2) is 9.59 Å². The van der Waals surface area contributed by atoms with Crippen LogP contribution in [0.25, 0.3) is 0 Å². The molecular weight excluding hydrogens is 760 g/mol. The summed E-state index contributed by atoms with van der Waals surface area (Å²) in [7, 11) is 0. The summed E-state index contributed by atoms with van der Waals surface area (Å²) < 4.78 is 31.6. The quantitative estimate of drug-likeness (QED) is 0.0445. The zero-order valence-corrected chi connectivity index (χ0v) is 31.7. The molecule has 0 radical (unpaired) electrons. The Kier molecular flexibility index (Phi) is 19.0. The maximum Gasteiger partial charge on any atom is 0.336 e. The highest BCUT2D eigenvalue weighted by atomic mass is 16.7. The first-order chi connectivity index (χ1) is 26.9. The smallest absolute Gasteiger partial charge is 0.336 e. The molecule has 3 heterocycles. The molecule has 0 aromatic carbocycles. The zero-order chi connectivity index (χ0) is 42.6. The van der Waals surface area contributed by atoms with Crippen molar-refractivity contribution in [3.8, 4) is 0 Å². The van der Waals surface area contributed by atoms with Crippen LogP contribution in [-0.2, 0) is 38.0 Å². The van der Waals surface area contributed by atoms with Crippen LogP contribution < -0.4 is 0 Å². The fourth-order valence-electron chi connectivity index (χ4n) is 5.46. The van der Waals surface area contributed by atoms with Crippen molar-refractivity contribution in [2.75, 3.05) is 19.8 Å². The maximum absolute atomic E-state index is 12.7. The van der Waals surface area contributed by atoms with Gasteiger partial charge in [0.05, 0.1) is 19.8 Å². The van der Waals surface area contributed by atoms with Crippen molar-refractivity contribution < 1.29 is 94.2 Å². The fraction of sp³-hybridized carbons (Fsp3) is 0.579. The molecule has 3 saturated heterocycles. The van der Waals surface area contributed by atoms with Gasteiger partial charge in [-0.2, -0.15) is 0 Å². The van der Waals surface area contributed by atoms with Crippen molar-refractivity contribution in [3.63, 3.8) is 0 Å². The van der Waals surface area contributed by atoms with Crippen molar-refractivity contribution in [1.29, 1.82) is 0 Å². The summed E-state index contributed by atoms with van der Waals surface area (Å²) in [5.74, 6) is -1.75. The van der Waals surface area contributed by atoms with Gasteiger partial charge in [0.15, 0.2) is 6.29 Å². The number of allylic oxidation sites excluding steroid dienone is 12. The highest BCUT2D eigenvalue weighted by molar-refractivity contribution is 5.88. The number of carbonyl (C=O) groups is 2. The molecule has 19 heteroatoms. The van der Waals surface area contributed by atoms with Gasteiger partial charge < -0.3 is 84.6 Å². The fourth-order valence-corrected chi connectivity index (χ4v) is 5.46. The van der Waals surface area contributed by atoms with E-state index in [0.29, 0.717) is 0 Å². The summed E-state index contributed by atoms with van der Waals surface area (Å²) in [5, 5.41) is 110. The zero-order valence-electron chi connectivity index (χ0n) is 31.7. The lowest BCUT2D eigenvalue weighted by Gasteiger charge is -2.42. The predicted octanol–water partition coefficient (Wildman–Crippen LogP) is -3.05. The van der Waals surface area contributed by atoms with E-state index < -0.39 is 124 Å². The van der Waals surface area contributed by atoms with E-state index in [2.05, 4.69) is 0 Å². The lowest BCUT2D eigenvalue weighted by atomic mass is 9.98. The second-order valence-electron chi connectivity index (χ2n) is 13.7. The summed E-state index contributed by atoms with van der Waals surface area (Å²) in [6.45, 7) is 4.59. The molecule has 15 atom stereocenters. The molecule has 0 aromatic rings. The Morgan fingerprint density at radius 1 is 0.474 bits per heavy atom. The largest absolute Gasteiger partial charge is 0.429 e. The number of hydrogen-bond donors (Lipinski definition) is 11. The van der Waals surface area contributed by atoms with E-state index in [1.807, 2.05) is 6.92 Å². The third-order valence-corrected chi connectivity index (χ3v) is 9.12. The summed E-state index contributed by atoms with van der Waals surface area (Å²) in [5.41, 5.74) is 1.86. The molecule has 3 aliphatic rings. The van der Waals surface area contributed by atoms with Crippen LogP contribution in [0.15, 0.2) is 83.1 Å². The van der Waals surface area contributed by atoms with Gasteiger partial charge >= 0.3 is 11.9 Å². The summed E-state index contributed by atoms with van der Waals surface area (Å²) >= 11 is 0. The van der Waals surface area contributed by atoms with Gasteiger partial charge in [0.2, 0.25) is 12.6 Å². The van der Waals surface area contributed by atoms with Gasteiger partial charge in [0, 0.05) is 11.1 Å². The Hall–Kier alpha value is -3.48. The molecule has 0 aromatic heterocycles. The molecule has 19 nitrogen and oxygen atoms in total. The van der Waals surface area contributed by atoms with Gasteiger partial charge in [0.1, 0.15) is 73.2 Å². The predicted molar refractivity (Wildman–Crippen MR) is 195 cm³/mol. The third-order valence-electron chi connectivity index (χ3n) is 9.12. The molecule has 0 amide bonds. The molecule has 0 aliphatic carbocycles. The molecule has 6 unspecified atom stereocenters. The first-order valence-electron chi connectivity index (χ1n) is 18.0. The van der Waals surface area contributed by atoms with Crippen molar-refractivity contribution in [2.45, 2.75) is 120 Å². The molecule has 0 spiro atoms. The molecule has 0 bridgehead atoms. The number of hydrogen-bond acceptors (Lipinski definition) is 19. The Morgan fingerprint density at radius 3 is 1.23 bits per heavy atom. The summed E-state index contributed by atoms with van der Waals surface area (Å²) in [6, 6.07) is 0. The Bertz CT molecular complexity index is 1550. The van der Waals surface area contributed by atoms with E-state index in [1.54, 1.807) is 55.5 Å². The number of aliphatic hydroxyl groups excluding tert-OH is 11. The number of rotatable bonds is 15. The van der Waals surface area contributed by atoms with E-state index >= 15 is 0 Å². The highest BCUT2D eigenvalue weighted by Gasteiger charge is 2.48. The van der Waals surface area contributed by atoms with Crippen LogP contribution in [0.5, 0.6) is 0 Å². The minimum absolute atomic E-state index is 0.0944.